The fraction of sp³-hybridized carbons (Fsp3) is 0.636. The average molecular weight is 287 g/mol. The molecule has 5 N–H and O–H groups in total. The van der Waals surface area contributed by atoms with Crippen LogP contribution in [0.5, 0.6) is 0 Å². The molecule has 3 amide bonds. The van der Waals surface area contributed by atoms with Crippen LogP contribution < -0.4 is 16.0 Å². The second kappa shape index (κ2) is 7.31. The predicted octanol–water partition coefficient (Wildman–Crippen LogP) is -1.26. The Kier molecular flexibility index (Phi) is 5.75. The van der Waals surface area contributed by atoms with Crippen molar-refractivity contribution in [2.24, 2.45) is 5.92 Å². The zero-order chi connectivity index (χ0) is 15.1. The number of amides is 3. The Balaban J connectivity index is 2.18. The van der Waals surface area contributed by atoms with Crippen molar-refractivity contribution in [2.45, 2.75) is 25.3 Å². The van der Waals surface area contributed by atoms with Crippen LogP contribution in [0.3, 0.4) is 0 Å². The molecule has 1 rings (SSSR count). The number of rotatable bonds is 8. The molecule has 9 heteroatoms. The zero-order valence-corrected chi connectivity index (χ0v) is 10.7. The second-order valence-electron chi connectivity index (χ2n) is 4.45. The van der Waals surface area contributed by atoms with Crippen molar-refractivity contribution in [3.05, 3.63) is 0 Å². The van der Waals surface area contributed by atoms with Crippen LogP contribution in [0.25, 0.3) is 0 Å². The molecule has 0 unspecified atom stereocenters. The molecule has 0 radical (unpaired) electrons. The maximum absolute atomic E-state index is 11.3. The lowest BCUT2D eigenvalue weighted by Gasteiger charge is -2.13. The van der Waals surface area contributed by atoms with E-state index in [0.29, 0.717) is 0 Å². The van der Waals surface area contributed by atoms with Gasteiger partial charge in [-0.1, -0.05) is 0 Å². The third-order valence-corrected chi connectivity index (χ3v) is 2.64. The molecule has 0 aromatic heterocycles. The van der Waals surface area contributed by atoms with Gasteiger partial charge in [0.2, 0.25) is 5.91 Å². The van der Waals surface area contributed by atoms with E-state index in [1.165, 1.54) is 0 Å². The molecule has 0 heterocycles. The molecule has 1 aliphatic carbocycles. The molecule has 1 fully saturated rings. The molecule has 1 saturated carbocycles. The average Bonchev–Trinajstić information content (AvgIpc) is 3.17. The van der Waals surface area contributed by atoms with Crippen LogP contribution in [0, 0.1) is 5.92 Å². The van der Waals surface area contributed by atoms with Gasteiger partial charge in [0, 0.05) is 19.0 Å². The lowest BCUT2D eigenvalue weighted by molar-refractivity contribution is -0.145. The summed E-state index contributed by atoms with van der Waals surface area (Å²) in [6, 6.07) is -2.28. The first-order chi connectivity index (χ1) is 9.40. The molecule has 0 saturated heterocycles. The van der Waals surface area contributed by atoms with Crippen LogP contribution in [0.2, 0.25) is 0 Å². The standard InChI is InChI=1S/C11H17N3O6/c15-8(16)5-7(10(18)19)14-11(20)13-4-3-12-9(17)6-1-2-6/h6-7H,1-5H2,(H,12,17)(H,15,16)(H,18,19)(H2,13,14,20)/t7-/m0/s1. The highest BCUT2D eigenvalue weighted by molar-refractivity contribution is 5.86. The molecule has 0 aliphatic heterocycles. The van der Waals surface area contributed by atoms with Gasteiger partial charge in [0.1, 0.15) is 6.04 Å². The Hall–Kier alpha value is -2.32. The van der Waals surface area contributed by atoms with Crippen LogP contribution >= 0.6 is 0 Å². The number of hydrogen-bond donors (Lipinski definition) is 5. The maximum atomic E-state index is 11.3. The third kappa shape index (κ3) is 6.03. The summed E-state index contributed by atoms with van der Waals surface area (Å²) in [6.07, 6.45) is 1.06. The predicted molar refractivity (Wildman–Crippen MR) is 65.9 cm³/mol. The fourth-order valence-electron chi connectivity index (χ4n) is 1.44. The Morgan fingerprint density at radius 1 is 1.05 bits per heavy atom. The van der Waals surface area contributed by atoms with Crippen LogP contribution in [-0.4, -0.2) is 53.2 Å². The van der Waals surface area contributed by atoms with Gasteiger partial charge in [-0.15, -0.1) is 0 Å². The molecule has 0 aromatic rings. The zero-order valence-electron chi connectivity index (χ0n) is 10.7. The Labute approximate surface area is 114 Å². The van der Waals surface area contributed by atoms with Crippen LogP contribution in [0.15, 0.2) is 0 Å². The summed E-state index contributed by atoms with van der Waals surface area (Å²) < 4.78 is 0. The summed E-state index contributed by atoms with van der Waals surface area (Å²) >= 11 is 0. The molecule has 9 nitrogen and oxygen atoms in total. The monoisotopic (exact) mass is 287 g/mol. The largest absolute Gasteiger partial charge is 0.481 e. The van der Waals surface area contributed by atoms with Crippen molar-refractivity contribution in [1.82, 2.24) is 16.0 Å². The summed E-state index contributed by atoms with van der Waals surface area (Å²) in [5.41, 5.74) is 0. The Morgan fingerprint density at radius 3 is 2.15 bits per heavy atom. The van der Waals surface area contributed by atoms with Crippen LogP contribution in [-0.2, 0) is 14.4 Å². The molecule has 112 valence electrons. The van der Waals surface area contributed by atoms with Crippen molar-refractivity contribution >= 4 is 23.9 Å². The fourth-order valence-corrected chi connectivity index (χ4v) is 1.44. The van der Waals surface area contributed by atoms with E-state index in [4.69, 9.17) is 10.2 Å². The highest BCUT2D eigenvalue weighted by atomic mass is 16.4. The summed E-state index contributed by atoms with van der Waals surface area (Å²) in [4.78, 5) is 43.7. The molecule has 0 bridgehead atoms. The van der Waals surface area contributed by atoms with Crippen molar-refractivity contribution in [3.8, 4) is 0 Å². The van der Waals surface area contributed by atoms with Gasteiger partial charge in [0.05, 0.1) is 6.42 Å². The number of urea groups is 1. The van der Waals surface area contributed by atoms with Gasteiger partial charge in [0.25, 0.3) is 0 Å². The Bertz CT molecular complexity index is 407. The van der Waals surface area contributed by atoms with Gasteiger partial charge in [0.15, 0.2) is 0 Å². The number of carboxylic acids is 2. The number of nitrogens with one attached hydrogen (secondary N) is 3. The molecule has 1 aliphatic rings. The van der Waals surface area contributed by atoms with E-state index in [9.17, 15) is 19.2 Å². The maximum Gasteiger partial charge on any atom is 0.326 e. The van der Waals surface area contributed by atoms with Crippen molar-refractivity contribution in [3.63, 3.8) is 0 Å². The van der Waals surface area contributed by atoms with Gasteiger partial charge in [-0.3, -0.25) is 9.59 Å². The summed E-state index contributed by atoms with van der Waals surface area (Å²) in [6.45, 7) is 0.364. The number of carbonyl (C=O) groups excluding carboxylic acids is 2. The van der Waals surface area contributed by atoms with Crippen molar-refractivity contribution in [1.29, 1.82) is 0 Å². The first-order valence-corrected chi connectivity index (χ1v) is 6.17. The van der Waals surface area contributed by atoms with Crippen LogP contribution in [0.4, 0.5) is 4.79 Å². The quantitative estimate of drug-likeness (QED) is 0.352. The van der Waals surface area contributed by atoms with Gasteiger partial charge in [-0.05, 0) is 12.8 Å². The minimum atomic E-state index is -1.49. The lowest BCUT2D eigenvalue weighted by Crippen LogP contribution is -2.48. The van der Waals surface area contributed by atoms with E-state index in [2.05, 4.69) is 10.6 Å². The minimum absolute atomic E-state index is 0.0542. The topological polar surface area (TPSA) is 145 Å². The molecular formula is C11H17N3O6. The van der Waals surface area contributed by atoms with E-state index in [0.717, 1.165) is 12.8 Å². The number of hydrogen-bond acceptors (Lipinski definition) is 4. The van der Waals surface area contributed by atoms with E-state index in [-0.39, 0.29) is 24.9 Å². The van der Waals surface area contributed by atoms with E-state index >= 15 is 0 Å². The van der Waals surface area contributed by atoms with E-state index in [1.54, 1.807) is 0 Å². The van der Waals surface area contributed by atoms with Gasteiger partial charge in [-0.2, -0.15) is 0 Å². The SMILES string of the molecule is O=C(O)C[C@H](NC(=O)NCCNC(=O)C1CC1)C(=O)O. The highest BCUT2D eigenvalue weighted by Gasteiger charge is 2.29. The van der Waals surface area contributed by atoms with Crippen molar-refractivity contribution in [2.75, 3.05) is 13.1 Å². The molecule has 0 aromatic carbocycles. The van der Waals surface area contributed by atoms with Crippen LogP contribution in [0.1, 0.15) is 19.3 Å². The molecule has 20 heavy (non-hydrogen) atoms. The van der Waals surface area contributed by atoms with Gasteiger partial charge in [-0.25, -0.2) is 9.59 Å². The minimum Gasteiger partial charge on any atom is -0.481 e. The lowest BCUT2D eigenvalue weighted by atomic mass is 10.2. The smallest absolute Gasteiger partial charge is 0.326 e. The second-order valence-corrected chi connectivity index (χ2v) is 4.45. The molecule has 1 atom stereocenters. The summed E-state index contributed by atoms with van der Waals surface area (Å²) in [5, 5.41) is 24.2. The normalized spacial score (nSPS) is 15.0. The van der Waals surface area contributed by atoms with E-state index in [1.807, 2.05) is 5.32 Å². The van der Waals surface area contributed by atoms with Gasteiger partial charge >= 0.3 is 18.0 Å². The first kappa shape index (κ1) is 15.7. The van der Waals surface area contributed by atoms with Gasteiger partial charge < -0.3 is 26.2 Å². The highest BCUT2D eigenvalue weighted by Crippen LogP contribution is 2.28. The summed E-state index contributed by atoms with van der Waals surface area (Å²) in [5.74, 6) is -2.73. The summed E-state index contributed by atoms with van der Waals surface area (Å²) in [7, 11) is 0. The van der Waals surface area contributed by atoms with Crippen molar-refractivity contribution < 1.29 is 29.4 Å². The number of aliphatic carboxylic acids is 2. The van der Waals surface area contributed by atoms with E-state index < -0.39 is 30.4 Å². The first-order valence-electron chi connectivity index (χ1n) is 6.17. The number of carbonyl (C=O) groups is 4. The number of carboxylic acid groups (broad SMARTS) is 2. The third-order valence-electron chi connectivity index (χ3n) is 2.64. The Morgan fingerprint density at radius 2 is 1.65 bits per heavy atom. The molecule has 0 spiro atoms. The molecular weight excluding hydrogens is 270 g/mol.